The maximum absolute atomic E-state index is 13.0. The Labute approximate surface area is 188 Å². The first-order valence-corrected chi connectivity index (χ1v) is 10.4. The zero-order chi connectivity index (χ0) is 22.8. The van der Waals surface area contributed by atoms with Crippen LogP contribution in [-0.4, -0.2) is 65.2 Å². The van der Waals surface area contributed by atoms with Gasteiger partial charge in [0.1, 0.15) is 12.0 Å². The van der Waals surface area contributed by atoms with Gasteiger partial charge in [0, 0.05) is 32.7 Å². The van der Waals surface area contributed by atoms with Crippen LogP contribution in [0.4, 0.5) is 13.2 Å². The van der Waals surface area contributed by atoms with E-state index in [0.717, 1.165) is 16.5 Å². The molecule has 1 saturated heterocycles. The molecule has 170 valence electrons. The van der Waals surface area contributed by atoms with Crippen LogP contribution in [0.3, 0.4) is 0 Å². The van der Waals surface area contributed by atoms with Gasteiger partial charge in [-0.25, -0.2) is 0 Å². The van der Waals surface area contributed by atoms with Gasteiger partial charge in [0.15, 0.2) is 5.69 Å². The topological polar surface area (TPSA) is 50.6 Å². The van der Waals surface area contributed by atoms with Crippen LogP contribution in [0.1, 0.15) is 17.0 Å². The quantitative estimate of drug-likeness (QED) is 0.564. The Balaban J connectivity index is 1.61. The number of alkyl halides is 3. The number of piperazine rings is 1. The number of carbonyl (C=O) groups is 1. The van der Waals surface area contributed by atoms with Crippen molar-refractivity contribution in [3.05, 3.63) is 45.2 Å². The van der Waals surface area contributed by atoms with Crippen LogP contribution in [0.15, 0.2) is 18.2 Å². The number of halogens is 5. The van der Waals surface area contributed by atoms with Gasteiger partial charge in [0.25, 0.3) is 0 Å². The number of rotatable bonds is 7. The van der Waals surface area contributed by atoms with E-state index in [1.54, 1.807) is 13.2 Å². The molecule has 11 heteroatoms. The van der Waals surface area contributed by atoms with Crippen molar-refractivity contribution in [2.24, 2.45) is 0 Å². The number of hydrogen-bond donors (Lipinski definition) is 0. The van der Waals surface area contributed by atoms with E-state index in [-0.39, 0.29) is 12.2 Å². The predicted molar refractivity (Wildman–Crippen MR) is 112 cm³/mol. The van der Waals surface area contributed by atoms with Crippen molar-refractivity contribution in [3.8, 4) is 5.75 Å². The summed E-state index contributed by atoms with van der Waals surface area (Å²) in [5, 5.41) is 3.72. The average molecular weight is 479 g/mol. The zero-order valence-corrected chi connectivity index (χ0v) is 18.6. The van der Waals surface area contributed by atoms with Gasteiger partial charge in [-0.05, 0) is 24.6 Å². The molecule has 1 aliphatic rings. The van der Waals surface area contributed by atoms with Gasteiger partial charge in [-0.2, -0.15) is 18.3 Å². The Kier molecular flexibility index (Phi) is 7.51. The Morgan fingerprint density at radius 3 is 2.45 bits per heavy atom. The normalized spacial score (nSPS) is 17.0. The lowest BCUT2D eigenvalue weighted by Crippen LogP contribution is -2.51. The molecule has 1 aromatic heterocycles. The minimum absolute atomic E-state index is 0.0134. The molecule has 6 nitrogen and oxygen atoms in total. The second-order valence-corrected chi connectivity index (χ2v) is 8.20. The summed E-state index contributed by atoms with van der Waals surface area (Å²) in [4.78, 5) is 15.9. The van der Waals surface area contributed by atoms with E-state index in [9.17, 15) is 18.0 Å². The lowest BCUT2D eigenvalue weighted by molar-refractivity contribution is -0.141. The first-order chi connectivity index (χ1) is 14.6. The fourth-order valence-electron chi connectivity index (χ4n) is 3.62. The molecular weight excluding hydrogens is 456 g/mol. The minimum atomic E-state index is -4.64. The van der Waals surface area contributed by atoms with Gasteiger partial charge in [-0.3, -0.25) is 14.5 Å². The van der Waals surface area contributed by atoms with Gasteiger partial charge in [-0.15, -0.1) is 0 Å². The molecule has 1 unspecified atom stereocenters. The molecule has 2 heterocycles. The van der Waals surface area contributed by atoms with Gasteiger partial charge >= 0.3 is 6.18 Å². The molecule has 1 fully saturated rings. The number of benzene rings is 1. The number of aromatic nitrogens is 2. The maximum Gasteiger partial charge on any atom is 0.436 e. The van der Waals surface area contributed by atoms with Crippen molar-refractivity contribution < 1.29 is 22.7 Å². The predicted octanol–water partition coefficient (Wildman–Crippen LogP) is 3.91. The highest BCUT2D eigenvalue weighted by Gasteiger charge is 2.38. The number of ether oxygens (including phenoxy) is 1. The Morgan fingerprint density at radius 1 is 1.23 bits per heavy atom. The van der Waals surface area contributed by atoms with Crippen molar-refractivity contribution in [1.29, 1.82) is 0 Å². The van der Waals surface area contributed by atoms with E-state index < -0.39 is 22.9 Å². The summed E-state index contributed by atoms with van der Waals surface area (Å²) in [6.07, 6.45) is -3.89. The molecule has 1 aromatic carbocycles. The van der Waals surface area contributed by atoms with Gasteiger partial charge in [-0.1, -0.05) is 29.3 Å². The van der Waals surface area contributed by atoms with Crippen LogP contribution in [0.2, 0.25) is 10.0 Å². The highest BCUT2D eigenvalue weighted by Crippen LogP contribution is 2.35. The summed E-state index contributed by atoms with van der Waals surface area (Å²) in [6, 6.07) is 5.04. The minimum Gasteiger partial charge on any atom is -0.495 e. The van der Waals surface area contributed by atoms with Crippen molar-refractivity contribution in [2.45, 2.75) is 32.2 Å². The van der Waals surface area contributed by atoms with E-state index in [1.807, 2.05) is 17.0 Å². The van der Waals surface area contributed by atoms with Crippen LogP contribution in [0.5, 0.6) is 5.75 Å². The molecule has 0 bridgehead atoms. The van der Waals surface area contributed by atoms with E-state index >= 15 is 0 Å². The molecule has 0 saturated carbocycles. The smallest absolute Gasteiger partial charge is 0.436 e. The Bertz CT molecular complexity index is 928. The molecule has 3 rings (SSSR count). The molecule has 2 aromatic rings. The Morgan fingerprint density at radius 2 is 1.90 bits per heavy atom. The molecule has 0 aliphatic carbocycles. The van der Waals surface area contributed by atoms with E-state index in [4.69, 9.17) is 27.9 Å². The van der Waals surface area contributed by atoms with E-state index in [2.05, 4.69) is 10.00 Å². The molecule has 31 heavy (non-hydrogen) atoms. The highest BCUT2D eigenvalue weighted by molar-refractivity contribution is 6.32. The van der Waals surface area contributed by atoms with Crippen LogP contribution >= 0.6 is 23.2 Å². The fourth-order valence-corrected chi connectivity index (χ4v) is 4.06. The molecule has 0 radical (unpaired) electrons. The lowest BCUT2D eigenvalue weighted by Gasteiger charge is -2.37. The molecule has 1 aliphatic heterocycles. The lowest BCUT2D eigenvalue weighted by atomic mass is 10.1. The molecular formula is C20H23Cl2F3N4O2. The number of methoxy groups -OCH3 is 1. The summed E-state index contributed by atoms with van der Waals surface area (Å²) in [6.45, 7) is 4.81. The van der Waals surface area contributed by atoms with Crippen LogP contribution in [0, 0.1) is 6.92 Å². The first kappa shape index (κ1) is 23.8. The van der Waals surface area contributed by atoms with Crippen LogP contribution in [-0.2, 0) is 24.1 Å². The van der Waals surface area contributed by atoms with Crippen molar-refractivity contribution >= 4 is 29.5 Å². The summed E-state index contributed by atoms with van der Waals surface area (Å²) in [5.74, 6) is 0.616. The van der Waals surface area contributed by atoms with Gasteiger partial charge in [0.2, 0.25) is 0 Å². The second kappa shape index (κ2) is 9.77. The van der Waals surface area contributed by atoms with Crippen molar-refractivity contribution in [3.63, 3.8) is 0 Å². The number of carbonyl (C=O) groups excluding carboxylic acids is 1. The highest BCUT2D eigenvalue weighted by atomic mass is 35.5. The molecule has 1 atom stereocenters. The fraction of sp³-hybridized carbons (Fsp3) is 0.500. The SMILES string of the molecule is COc1cc(CN2CCN(C(C=O)Cn3nc(C(F)(F)F)c(Cl)c3C)CC2)ccc1Cl. The maximum atomic E-state index is 13.0. The zero-order valence-electron chi connectivity index (χ0n) is 17.1. The molecule has 0 amide bonds. The van der Waals surface area contributed by atoms with Crippen LogP contribution in [0.25, 0.3) is 0 Å². The first-order valence-electron chi connectivity index (χ1n) is 9.68. The summed E-state index contributed by atoms with van der Waals surface area (Å²) in [7, 11) is 1.56. The Hall–Kier alpha value is -1.81. The van der Waals surface area contributed by atoms with Gasteiger partial charge < -0.3 is 9.53 Å². The standard InChI is InChI=1S/C20H23Cl2F3N4O2/c1-13-18(22)19(20(23,24)25)26-29(13)11-15(12-30)28-7-5-27(6-8-28)10-14-3-4-16(21)17(9-14)31-2/h3-4,9,12,15H,5-8,10-11H2,1-2H3. The molecule has 0 spiro atoms. The number of aldehydes is 1. The second-order valence-electron chi connectivity index (χ2n) is 7.41. The third kappa shape index (κ3) is 5.52. The third-order valence-electron chi connectivity index (χ3n) is 5.42. The third-order valence-corrected chi connectivity index (χ3v) is 6.18. The van der Waals surface area contributed by atoms with Crippen molar-refractivity contribution in [2.75, 3.05) is 33.3 Å². The monoisotopic (exact) mass is 478 g/mol. The van der Waals surface area contributed by atoms with E-state index in [1.165, 1.54) is 6.92 Å². The summed E-state index contributed by atoms with van der Waals surface area (Å²) >= 11 is 11.9. The summed E-state index contributed by atoms with van der Waals surface area (Å²) in [5.41, 5.74) is 0.124. The van der Waals surface area contributed by atoms with Gasteiger partial charge in [0.05, 0.1) is 35.4 Å². The number of nitrogens with zero attached hydrogens (tertiary/aromatic N) is 4. The average Bonchev–Trinajstić information content (AvgIpc) is 3.02. The van der Waals surface area contributed by atoms with Crippen molar-refractivity contribution in [1.82, 2.24) is 19.6 Å². The van der Waals surface area contributed by atoms with E-state index in [0.29, 0.717) is 43.5 Å². The van der Waals surface area contributed by atoms with Crippen LogP contribution < -0.4 is 4.74 Å². The molecule has 0 N–H and O–H groups in total. The summed E-state index contributed by atoms with van der Waals surface area (Å²) < 4.78 is 45.6. The largest absolute Gasteiger partial charge is 0.495 e. The number of hydrogen-bond acceptors (Lipinski definition) is 5.